The fourth-order valence-corrected chi connectivity index (χ4v) is 1.37. The smallest absolute Gasteiger partial charge is 0.0700 e. The van der Waals surface area contributed by atoms with E-state index in [1.54, 1.807) is 7.11 Å². The minimum Gasteiger partial charge on any atom is -0.382 e. The Kier molecular flexibility index (Phi) is 13.8. The quantitative estimate of drug-likeness (QED) is 0.464. The predicted octanol–water partition coefficient (Wildman–Crippen LogP) is 1.79. The molecular weight excluding hydrogens is 218 g/mol. The molecule has 0 aliphatic heterocycles. The highest BCUT2D eigenvalue weighted by Crippen LogP contribution is 1.92. The number of ether oxygens (including phenoxy) is 3. The number of unbranched alkanes of at least 4 members (excludes halogenated alkanes) is 1. The van der Waals surface area contributed by atoms with Gasteiger partial charge >= 0.3 is 0 Å². The summed E-state index contributed by atoms with van der Waals surface area (Å²) in [5.41, 5.74) is 0. The van der Waals surface area contributed by atoms with E-state index < -0.39 is 0 Å². The second kappa shape index (κ2) is 13.9. The van der Waals surface area contributed by atoms with Crippen molar-refractivity contribution in [1.29, 1.82) is 0 Å². The van der Waals surface area contributed by atoms with Gasteiger partial charge in [0.1, 0.15) is 0 Å². The first-order valence-corrected chi connectivity index (χ1v) is 6.64. The molecule has 0 amide bonds. The second-order valence-electron chi connectivity index (χ2n) is 4.23. The zero-order valence-corrected chi connectivity index (χ0v) is 11.7. The molecule has 0 rings (SSSR count). The number of rotatable bonds is 13. The van der Waals surface area contributed by atoms with Crippen LogP contribution in [0.15, 0.2) is 0 Å². The highest BCUT2D eigenvalue weighted by atomic mass is 16.5. The van der Waals surface area contributed by atoms with Gasteiger partial charge in [0.05, 0.1) is 19.8 Å². The van der Waals surface area contributed by atoms with Crippen molar-refractivity contribution >= 4 is 0 Å². The van der Waals surface area contributed by atoms with E-state index in [1.165, 1.54) is 19.4 Å². The zero-order valence-electron chi connectivity index (χ0n) is 11.7. The molecule has 0 fully saturated rings. The van der Waals surface area contributed by atoms with E-state index in [-0.39, 0.29) is 0 Å². The maximum Gasteiger partial charge on any atom is 0.0700 e. The molecule has 0 radical (unpaired) electrons. The molecule has 0 atom stereocenters. The maximum absolute atomic E-state index is 5.54. The highest BCUT2D eigenvalue weighted by molar-refractivity contribution is 4.49. The Bertz CT molecular complexity index is 145. The van der Waals surface area contributed by atoms with Gasteiger partial charge in [-0.25, -0.2) is 0 Å². The summed E-state index contributed by atoms with van der Waals surface area (Å²) < 4.78 is 15.8. The summed E-state index contributed by atoms with van der Waals surface area (Å²) >= 11 is 0. The lowest BCUT2D eigenvalue weighted by Gasteiger charge is -2.15. The third-order valence-corrected chi connectivity index (χ3v) is 2.52. The fourth-order valence-electron chi connectivity index (χ4n) is 1.37. The first-order chi connectivity index (χ1) is 8.31. The predicted molar refractivity (Wildman–Crippen MR) is 70.5 cm³/mol. The van der Waals surface area contributed by atoms with Crippen LogP contribution in [0.3, 0.4) is 0 Å². The van der Waals surface area contributed by atoms with Crippen LogP contribution in [0.2, 0.25) is 0 Å². The van der Waals surface area contributed by atoms with Crippen molar-refractivity contribution < 1.29 is 14.2 Å². The van der Waals surface area contributed by atoms with Gasteiger partial charge in [-0.3, -0.25) is 0 Å². The summed E-state index contributed by atoms with van der Waals surface area (Å²) in [5, 5.41) is 0. The standard InChI is InChI=1S/C13H29NO3/c1-4-5-7-14(2)8-11-16-9-6-10-17-13-12-15-3/h4-13H2,1-3H3. The lowest BCUT2D eigenvalue weighted by molar-refractivity contribution is 0.0483. The summed E-state index contributed by atoms with van der Waals surface area (Å²) in [6.45, 7) is 8.11. The number of likely N-dealkylation sites (N-methyl/N-ethyl adjacent to an activating group) is 1. The molecule has 0 aliphatic rings. The van der Waals surface area contributed by atoms with Crippen LogP contribution < -0.4 is 0 Å². The molecule has 0 heterocycles. The topological polar surface area (TPSA) is 30.9 Å². The molecule has 4 nitrogen and oxygen atoms in total. The van der Waals surface area contributed by atoms with Gasteiger partial charge in [-0.05, 0) is 26.4 Å². The van der Waals surface area contributed by atoms with Crippen LogP contribution in [0.25, 0.3) is 0 Å². The Balaban J connectivity index is 3.02. The van der Waals surface area contributed by atoms with Crippen molar-refractivity contribution in [3.8, 4) is 0 Å². The van der Waals surface area contributed by atoms with Gasteiger partial charge in [0.2, 0.25) is 0 Å². The van der Waals surface area contributed by atoms with Crippen LogP contribution in [-0.4, -0.2) is 65.2 Å². The average Bonchev–Trinajstić information content (AvgIpc) is 2.34. The SMILES string of the molecule is CCCCN(C)CCOCCCOCCOC. The molecule has 17 heavy (non-hydrogen) atoms. The zero-order chi connectivity index (χ0) is 12.8. The summed E-state index contributed by atoms with van der Waals surface area (Å²) in [5.74, 6) is 0. The molecule has 4 heteroatoms. The van der Waals surface area contributed by atoms with Gasteiger partial charge in [-0.15, -0.1) is 0 Å². The third-order valence-electron chi connectivity index (χ3n) is 2.52. The number of nitrogens with zero attached hydrogens (tertiary/aromatic N) is 1. The van der Waals surface area contributed by atoms with Crippen LogP contribution >= 0.6 is 0 Å². The maximum atomic E-state index is 5.54. The molecule has 0 N–H and O–H groups in total. The van der Waals surface area contributed by atoms with Gasteiger partial charge in [-0.1, -0.05) is 13.3 Å². The van der Waals surface area contributed by atoms with Crippen LogP contribution in [0.1, 0.15) is 26.2 Å². The Labute approximate surface area is 106 Å². The van der Waals surface area contributed by atoms with Crippen LogP contribution in [-0.2, 0) is 14.2 Å². The first-order valence-electron chi connectivity index (χ1n) is 6.64. The number of methoxy groups -OCH3 is 1. The molecule has 0 spiro atoms. The molecule has 0 aromatic carbocycles. The van der Waals surface area contributed by atoms with E-state index >= 15 is 0 Å². The minimum atomic E-state index is 0.670. The lowest BCUT2D eigenvalue weighted by atomic mass is 10.3. The monoisotopic (exact) mass is 247 g/mol. The summed E-state index contributed by atoms with van der Waals surface area (Å²) in [4.78, 5) is 2.32. The molecule has 0 aliphatic carbocycles. The molecule has 0 saturated heterocycles. The van der Waals surface area contributed by atoms with E-state index in [2.05, 4.69) is 18.9 Å². The van der Waals surface area contributed by atoms with Crippen molar-refractivity contribution in [2.45, 2.75) is 26.2 Å². The number of hydrogen-bond donors (Lipinski definition) is 0. The van der Waals surface area contributed by atoms with Gasteiger partial charge in [0.15, 0.2) is 0 Å². The second-order valence-corrected chi connectivity index (χ2v) is 4.23. The Morgan fingerprint density at radius 2 is 1.53 bits per heavy atom. The molecule has 104 valence electrons. The van der Waals surface area contributed by atoms with E-state index in [1.807, 2.05) is 0 Å². The lowest BCUT2D eigenvalue weighted by Crippen LogP contribution is -2.24. The van der Waals surface area contributed by atoms with Gasteiger partial charge in [-0.2, -0.15) is 0 Å². The Morgan fingerprint density at radius 1 is 0.824 bits per heavy atom. The van der Waals surface area contributed by atoms with E-state index in [0.717, 1.165) is 32.8 Å². The molecule has 0 aromatic rings. The van der Waals surface area contributed by atoms with E-state index in [9.17, 15) is 0 Å². The first kappa shape index (κ1) is 16.8. The number of hydrogen-bond acceptors (Lipinski definition) is 4. The van der Waals surface area contributed by atoms with Crippen LogP contribution in [0.4, 0.5) is 0 Å². The largest absolute Gasteiger partial charge is 0.382 e. The highest BCUT2D eigenvalue weighted by Gasteiger charge is 1.97. The molecule has 0 bridgehead atoms. The summed E-state index contributed by atoms with van der Waals surface area (Å²) in [7, 11) is 3.83. The molecule has 0 aromatic heterocycles. The van der Waals surface area contributed by atoms with Crippen molar-refractivity contribution in [2.75, 3.05) is 60.3 Å². The molecule has 0 unspecified atom stereocenters. The van der Waals surface area contributed by atoms with Crippen molar-refractivity contribution in [3.63, 3.8) is 0 Å². The molecular formula is C13H29NO3. The Hall–Kier alpha value is -0.160. The minimum absolute atomic E-state index is 0.670. The third kappa shape index (κ3) is 13.8. The van der Waals surface area contributed by atoms with Gasteiger partial charge in [0, 0.05) is 26.9 Å². The van der Waals surface area contributed by atoms with Gasteiger partial charge in [0.25, 0.3) is 0 Å². The van der Waals surface area contributed by atoms with E-state index in [0.29, 0.717) is 13.2 Å². The van der Waals surface area contributed by atoms with E-state index in [4.69, 9.17) is 14.2 Å². The van der Waals surface area contributed by atoms with Crippen LogP contribution in [0.5, 0.6) is 0 Å². The van der Waals surface area contributed by atoms with Crippen LogP contribution in [0, 0.1) is 0 Å². The summed E-state index contributed by atoms with van der Waals surface area (Å²) in [6, 6.07) is 0. The van der Waals surface area contributed by atoms with Crippen molar-refractivity contribution in [2.24, 2.45) is 0 Å². The fraction of sp³-hybridized carbons (Fsp3) is 1.00. The molecule has 0 saturated carbocycles. The van der Waals surface area contributed by atoms with Crippen molar-refractivity contribution in [3.05, 3.63) is 0 Å². The van der Waals surface area contributed by atoms with Gasteiger partial charge < -0.3 is 19.1 Å². The van der Waals surface area contributed by atoms with Crippen molar-refractivity contribution in [1.82, 2.24) is 4.90 Å². The Morgan fingerprint density at radius 3 is 2.18 bits per heavy atom. The normalized spacial score (nSPS) is 11.3. The average molecular weight is 247 g/mol. The summed E-state index contributed by atoms with van der Waals surface area (Å²) in [6.07, 6.45) is 3.48.